The molecule has 2 aromatic heterocycles. The van der Waals surface area contributed by atoms with Crippen molar-refractivity contribution in [1.29, 1.82) is 0 Å². The number of nitrogens with zero attached hydrogens (tertiary/aromatic N) is 3. The fourth-order valence-electron chi connectivity index (χ4n) is 4.89. The van der Waals surface area contributed by atoms with E-state index in [1.807, 2.05) is 35.1 Å². The van der Waals surface area contributed by atoms with Gasteiger partial charge in [-0.2, -0.15) is 0 Å². The lowest BCUT2D eigenvalue weighted by Crippen LogP contribution is -2.33. The second-order valence-corrected chi connectivity index (χ2v) is 11.8. The van der Waals surface area contributed by atoms with Crippen LogP contribution in [-0.4, -0.2) is 37.0 Å². The van der Waals surface area contributed by atoms with Crippen LogP contribution in [0, 0.1) is 11.6 Å². The molecular formula is C31H31F2N5O2S. The number of phenols is 1. The molecule has 41 heavy (non-hydrogen) atoms. The largest absolute Gasteiger partial charge is 0.508 e. The van der Waals surface area contributed by atoms with E-state index in [4.69, 9.17) is 0 Å². The highest BCUT2D eigenvalue weighted by atomic mass is 32.2. The molecule has 0 radical (unpaired) electrons. The van der Waals surface area contributed by atoms with E-state index >= 15 is 0 Å². The van der Waals surface area contributed by atoms with Crippen LogP contribution in [0.3, 0.4) is 0 Å². The number of thioether (sulfide) groups is 1. The van der Waals surface area contributed by atoms with Gasteiger partial charge in [-0.25, -0.2) is 8.78 Å². The highest BCUT2D eigenvalue weighted by molar-refractivity contribution is 7.98. The third-order valence-electron chi connectivity index (χ3n) is 6.94. The summed E-state index contributed by atoms with van der Waals surface area (Å²) in [6.45, 7) is 6.41. The normalized spacial score (nSPS) is 12.5. The number of fused-ring (bicyclic) bond motifs is 1. The Morgan fingerprint density at radius 3 is 2.41 bits per heavy atom. The van der Waals surface area contributed by atoms with Crippen molar-refractivity contribution in [1.82, 2.24) is 25.1 Å². The van der Waals surface area contributed by atoms with Crippen LogP contribution in [0.25, 0.3) is 16.6 Å². The van der Waals surface area contributed by atoms with Gasteiger partial charge in [0, 0.05) is 35.3 Å². The number of aromatic amines is 1. The molecule has 1 atom stereocenters. The Morgan fingerprint density at radius 1 is 1.05 bits per heavy atom. The van der Waals surface area contributed by atoms with Crippen LogP contribution in [0.2, 0.25) is 0 Å². The number of nitrogens with one attached hydrogen (secondary N) is 2. The third kappa shape index (κ3) is 6.27. The number of phenolic OH excluding ortho intramolecular Hbond substituents is 1. The van der Waals surface area contributed by atoms with Crippen molar-refractivity contribution in [3.8, 4) is 11.4 Å². The Morgan fingerprint density at radius 2 is 1.76 bits per heavy atom. The Bertz CT molecular complexity index is 1690. The molecular weight excluding hydrogens is 544 g/mol. The van der Waals surface area contributed by atoms with Crippen molar-refractivity contribution in [2.75, 3.05) is 6.26 Å². The molecule has 0 saturated heterocycles. The van der Waals surface area contributed by atoms with Crippen molar-refractivity contribution in [2.24, 2.45) is 0 Å². The number of hydrogen-bond donors (Lipinski definition) is 3. The van der Waals surface area contributed by atoms with Gasteiger partial charge in [-0.05, 0) is 70.8 Å². The number of halogens is 2. The molecule has 0 aliphatic rings. The minimum absolute atomic E-state index is 0.0151. The monoisotopic (exact) mass is 575 g/mol. The van der Waals surface area contributed by atoms with E-state index in [1.54, 1.807) is 24.4 Å². The maximum absolute atomic E-state index is 14.1. The molecule has 0 saturated carbocycles. The highest BCUT2D eigenvalue weighted by Gasteiger charge is 2.26. The summed E-state index contributed by atoms with van der Waals surface area (Å²) in [7, 11) is 0. The first kappa shape index (κ1) is 28.4. The van der Waals surface area contributed by atoms with Gasteiger partial charge in [0.15, 0.2) is 11.0 Å². The minimum Gasteiger partial charge on any atom is -0.508 e. The number of H-pyrrole nitrogens is 1. The lowest BCUT2D eigenvalue weighted by molar-refractivity contribution is -0.121. The first-order chi connectivity index (χ1) is 19.5. The van der Waals surface area contributed by atoms with Crippen LogP contribution in [0.1, 0.15) is 49.3 Å². The molecule has 5 aromatic rings. The number of aromatic hydroxyl groups is 1. The number of carbonyl (C=O) groups is 1. The van der Waals surface area contributed by atoms with E-state index in [-0.39, 0.29) is 29.9 Å². The first-order valence-electron chi connectivity index (χ1n) is 13.2. The summed E-state index contributed by atoms with van der Waals surface area (Å²) in [5, 5.41) is 23.1. The summed E-state index contributed by atoms with van der Waals surface area (Å²) in [6, 6.07) is 15.5. The molecule has 7 nitrogen and oxygen atoms in total. The standard InChI is InChI=1S/C31H31F2N5O2S/c1-31(2,3)20-5-7-23(8-6-20)38-29(36-37-30(38)41-4)27(13-18-11-21(32)15-22(33)12-18)35-28(40)14-19-17-34-26-10-9-24(39)16-25(19)26/h5-12,15-17,27,34,39H,13-14H2,1-4H3,(H,35,40)/t27-/m0/s1. The minimum atomic E-state index is -0.752. The SMILES string of the molecule is CSc1nnc([C@H](Cc2cc(F)cc(F)c2)NC(=O)Cc2c[nH]c3ccc(O)cc23)n1-c1ccc(C(C)(C)C)cc1. The molecule has 0 aliphatic heterocycles. The quantitative estimate of drug-likeness (QED) is 0.186. The Balaban J connectivity index is 1.52. The average Bonchev–Trinajstić information content (AvgIpc) is 3.51. The zero-order chi connectivity index (χ0) is 29.3. The van der Waals surface area contributed by atoms with Crippen LogP contribution in [0.4, 0.5) is 8.78 Å². The fourth-order valence-corrected chi connectivity index (χ4v) is 5.40. The molecule has 0 aliphatic carbocycles. The molecule has 0 spiro atoms. The summed E-state index contributed by atoms with van der Waals surface area (Å²) >= 11 is 1.40. The summed E-state index contributed by atoms with van der Waals surface area (Å²) in [5.74, 6) is -1.19. The fraction of sp³-hybridized carbons (Fsp3) is 0.258. The molecule has 5 rings (SSSR count). The van der Waals surface area contributed by atoms with Crippen LogP contribution in [-0.2, 0) is 23.1 Å². The summed E-state index contributed by atoms with van der Waals surface area (Å²) in [4.78, 5) is 16.5. The molecule has 212 valence electrons. The third-order valence-corrected chi connectivity index (χ3v) is 7.57. The van der Waals surface area contributed by atoms with Crippen LogP contribution in [0.15, 0.2) is 72.0 Å². The number of carbonyl (C=O) groups excluding carboxylic acids is 1. The lowest BCUT2D eigenvalue weighted by atomic mass is 9.87. The Labute approximate surface area is 241 Å². The second kappa shape index (κ2) is 11.4. The van der Waals surface area contributed by atoms with Crippen molar-refractivity contribution >= 4 is 28.6 Å². The lowest BCUT2D eigenvalue weighted by Gasteiger charge is -2.22. The number of hydrogen-bond acceptors (Lipinski definition) is 5. The number of amides is 1. The van der Waals surface area contributed by atoms with Crippen molar-refractivity contribution in [3.05, 3.63) is 101 Å². The maximum Gasteiger partial charge on any atom is 0.225 e. The molecule has 1 amide bonds. The van der Waals surface area contributed by atoms with Gasteiger partial charge in [0.2, 0.25) is 5.91 Å². The van der Waals surface area contributed by atoms with Crippen LogP contribution >= 0.6 is 11.8 Å². The predicted octanol–water partition coefficient (Wildman–Crippen LogP) is 6.39. The van der Waals surface area contributed by atoms with Gasteiger partial charge in [0.1, 0.15) is 17.4 Å². The smallest absolute Gasteiger partial charge is 0.225 e. The zero-order valence-electron chi connectivity index (χ0n) is 23.2. The van der Waals surface area contributed by atoms with Gasteiger partial charge < -0.3 is 15.4 Å². The molecule has 3 aromatic carbocycles. The maximum atomic E-state index is 14.1. The van der Waals surface area contributed by atoms with Gasteiger partial charge in [-0.1, -0.05) is 44.7 Å². The molecule has 3 N–H and O–H groups in total. The summed E-state index contributed by atoms with van der Waals surface area (Å²) in [6.07, 6.45) is 3.71. The topological polar surface area (TPSA) is 95.8 Å². The highest BCUT2D eigenvalue weighted by Crippen LogP contribution is 2.29. The molecule has 0 unspecified atom stereocenters. The molecule has 0 fully saturated rings. The molecule has 10 heteroatoms. The van der Waals surface area contributed by atoms with E-state index in [2.05, 4.69) is 41.3 Å². The van der Waals surface area contributed by atoms with Gasteiger partial charge >= 0.3 is 0 Å². The van der Waals surface area contributed by atoms with Gasteiger partial charge in [-0.15, -0.1) is 10.2 Å². The van der Waals surface area contributed by atoms with Crippen molar-refractivity contribution in [3.63, 3.8) is 0 Å². The van der Waals surface area contributed by atoms with Gasteiger partial charge in [0.05, 0.1) is 12.5 Å². The number of rotatable bonds is 8. The summed E-state index contributed by atoms with van der Waals surface area (Å²) in [5.41, 5.74) is 3.79. The van der Waals surface area contributed by atoms with Gasteiger partial charge in [-0.3, -0.25) is 9.36 Å². The van der Waals surface area contributed by atoms with Crippen LogP contribution < -0.4 is 5.32 Å². The van der Waals surface area contributed by atoms with Gasteiger partial charge in [0.25, 0.3) is 0 Å². The van der Waals surface area contributed by atoms with E-state index in [1.165, 1.54) is 23.9 Å². The Hall–Kier alpha value is -4.18. The Kier molecular flexibility index (Phi) is 7.86. The number of benzene rings is 3. The van der Waals surface area contributed by atoms with E-state index in [9.17, 15) is 18.7 Å². The average molecular weight is 576 g/mol. The van der Waals surface area contributed by atoms with Crippen molar-refractivity contribution < 1.29 is 18.7 Å². The summed E-state index contributed by atoms with van der Waals surface area (Å²) < 4.78 is 30.1. The molecule has 0 bridgehead atoms. The predicted molar refractivity (Wildman–Crippen MR) is 156 cm³/mol. The van der Waals surface area contributed by atoms with Crippen molar-refractivity contribution in [2.45, 2.75) is 50.2 Å². The number of aromatic nitrogens is 4. The van der Waals surface area contributed by atoms with Crippen LogP contribution in [0.5, 0.6) is 5.75 Å². The first-order valence-corrected chi connectivity index (χ1v) is 14.4. The second-order valence-electron chi connectivity index (χ2n) is 11.0. The van der Waals surface area contributed by atoms with E-state index < -0.39 is 17.7 Å². The van der Waals surface area contributed by atoms with E-state index in [0.717, 1.165) is 28.2 Å². The van der Waals surface area contributed by atoms with E-state index in [0.29, 0.717) is 22.1 Å². The zero-order valence-corrected chi connectivity index (χ0v) is 24.0. The molecule has 2 heterocycles.